The van der Waals surface area contributed by atoms with E-state index in [4.69, 9.17) is 4.74 Å². The van der Waals surface area contributed by atoms with Crippen molar-refractivity contribution in [3.8, 4) is 17.0 Å². The van der Waals surface area contributed by atoms with Gasteiger partial charge in [0.2, 0.25) is 0 Å². The first-order valence-corrected chi connectivity index (χ1v) is 8.05. The van der Waals surface area contributed by atoms with Crippen LogP contribution in [0.2, 0.25) is 0 Å². The molecule has 1 N–H and O–H groups in total. The minimum absolute atomic E-state index is 0.831. The number of aromatic nitrogens is 1. The molecule has 0 saturated heterocycles. The number of hydrogen-bond acceptors (Lipinski definition) is 4. The molecule has 0 aliphatic heterocycles. The summed E-state index contributed by atoms with van der Waals surface area (Å²) < 4.78 is 6.44. The van der Waals surface area contributed by atoms with Crippen LogP contribution in [0.15, 0.2) is 58.4 Å². The molecule has 0 aliphatic carbocycles. The first-order valence-electron chi connectivity index (χ1n) is 6.38. The maximum absolute atomic E-state index is 5.38. The van der Waals surface area contributed by atoms with Gasteiger partial charge in [-0.05, 0) is 36.4 Å². The van der Waals surface area contributed by atoms with E-state index in [1.165, 1.54) is 0 Å². The van der Waals surface area contributed by atoms with Crippen LogP contribution in [-0.4, -0.2) is 12.1 Å². The number of rotatable bonds is 4. The molecule has 5 heteroatoms. The van der Waals surface area contributed by atoms with E-state index in [0.717, 1.165) is 32.3 Å². The van der Waals surface area contributed by atoms with Gasteiger partial charge in [-0.1, -0.05) is 28.1 Å². The summed E-state index contributed by atoms with van der Waals surface area (Å²) in [6.45, 7) is 0. The van der Waals surface area contributed by atoms with Gasteiger partial charge >= 0.3 is 0 Å². The van der Waals surface area contributed by atoms with Crippen molar-refractivity contribution in [2.75, 3.05) is 12.4 Å². The number of hydrogen-bond donors (Lipinski definition) is 1. The quantitative estimate of drug-likeness (QED) is 0.683. The molecule has 0 spiro atoms. The van der Waals surface area contributed by atoms with Crippen molar-refractivity contribution in [3.05, 3.63) is 58.4 Å². The minimum Gasteiger partial charge on any atom is -0.496 e. The largest absolute Gasteiger partial charge is 0.496 e. The van der Waals surface area contributed by atoms with Gasteiger partial charge in [-0.15, -0.1) is 11.3 Å². The second-order valence-corrected chi connectivity index (χ2v) is 6.14. The highest BCUT2D eigenvalue weighted by Gasteiger charge is 2.09. The number of halogens is 1. The standard InChI is InChI=1S/C16H13BrN2OS/c1-20-15-5-3-2-4-13(15)14-10-21-16(19-14)18-12-8-6-11(17)7-9-12/h2-10H,1H3,(H,18,19). The molecule has 21 heavy (non-hydrogen) atoms. The van der Waals surface area contributed by atoms with E-state index in [1.807, 2.05) is 53.9 Å². The molecule has 3 rings (SSSR count). The number of thiazole rings is 1. The Bertz CT molecular complexity index is 740. The Morgan fingerprint density at radius 2 is 1.86 bits per heavy atom. The number of methoxy groups -OCH3 is 1. The molecule has 0 unspecified atom stereocenters. The second kappa shape index (κ2) is 6.28. The fraction of sp³-hybridized carbons (Fsp3) is 0.0625. The Morgan fingerprint density at radius 3 is 2.62 bits per heavy atom. The van der Waals surface area contributed by atoms with Crippen LogP contribution in [0.1, 0.15) is 0 Å². The summed E-state index contributed by atoms with van der Waals surface area (Å²) in [4.78, 5) is 4.62. The molecule has 0 saturated carbocycles. The van der Waals surface area contributed by atoms with Crippen molar-refractivity contribution >= 4 is 38.1 Å². The van der Waals surface area contributed by atoms with Gasteiger partial charge in [0.25, 0.3) is 0 Å². The average Bonchev–Trinajstić information content (AvgIpc) is 2.98. The minimum atomic E-state index is 0.831. The summed E-state index contributed by atoms with van der Waals surface area (Å²) in [7, 11) is 1.67. The third kappa shape index (κ3) is 3.25. The Morgan fingerprint density at radius 1 is 1.10 bits per heavy atom. The zero-order chi connectivity index (χ0) is 14.7. The van der Waals surface area contributed by atoms with Crippen molar-refractivity contribution in [3.63, 3.8) is 0 Å². The summed E-state index contributed by atoms with van der Waals surface area (Å²) in [6.07, 6.45) is 0. The molecule has 0 radical (unpaired) electrons. The van der Waals surface area contributed by atoms with Crippen LogP contribution in [-0.2, 0) is 0 Å². The van der Waals surface area contributed by atoms with Gasteiger partial charge in [0.1, 0.15) is 5.75 Å². The second-order valence-electron chi connectivity index (χ2n) is 4.37. The van der Waals surface area contributed by atoms with Crippen LogP contribution in [0.3, 0.4) is 0 Å². The molecular weight excluding hydrogens is 348 g/mol. The van der Waals surface area contributed by atoms with Gasteiger partial charge in [-0.3, -0.25) is 0 Å². The lowest BCUT2D eigenvalue weighted by Crippen LogP contribution is -1.90. The average molecular weight is 361 g/mol. The van der Waals surface area contributed by atoms with E-state index in [2.05, 4.69) is 26.2 Å². The maximum Gasteiger partial charge on any atom is 0.187 e. The predicted octanol–water partition coefficient (Wildman–Crippen LogP) is 5.32. The van der Waals surface area contributed by atoms with Crippen molar-refractivity contribution in [2.24, 2.45) is 0 Å². The van der Waals surface area contributed by atoms with Crippen LogP contribution in [0.4, 0.5) is 10.8 Å². The summed E-state index contributed by atoms with van der Waals surface area (Å²) in [5, 5.41) is 6.19. The highest BCUT2D eigenvalue weighted by molar-refractivity contribution is 9.10. The highest BCUT2D eigenvalue weighted by atomic mass is 79.9. The molecular formula is C16H13BrN2OS. The normalized spacial score (nSPS) is 10.4. The van der Waals surface area contributed by atoms with E-state index in [-0.39, 0.29) is 0 Å². The van der Waals surface area contributed by atoms with E-state index < -0.39 is 0 Å². The first-order chi connectivity index (χ1) is 10.3. The predicted molar refractivity (Wildman–Crippen MR) is 91.5 cm³/mol. The first kappa shape index (κ1) is 14.1. The number of para-hydroxylation sites is 1. The summed E-state index contributed by atoms with van der Waals surface area (Å²) in [5.41, 5.74) is 2.93. The molecule has 1 heterocycles. The Hall–Kier alpha value is -1.85. The lowest BCUT2D eigenvalue weighted by atomic mass is 10.1. The van der Waals surface area contributed by atoms with Crippen molar-refractivity contribution in [1.29, 1.82) is 0 Å². The maximum atomic E-state index is 5.38. The number of benzene rings is 2. The van der Waals surface area contributed by atoms with Gasteiger partial charge < -0.3 is 10.1 Å². The van der Waals surface area contributed by atoms with E-state index >= 15 is 0 Å². The molecule has 2 aromatic carbocycles. The topological polar surface area (TPSA) is 34.1 Å². The SMILES string of the molecule is COc1ccccc1-c1csc(Nc2ccc(Br)cc2)n1. The van der Waals surface area contributed by atoms with Crippen molar-refractivity contribution < 1.29 is 4.74 Å². The Labute approximate surface area is 135 Å². The van der Waals surface area contributed by atoms with E-state index in [1.54, 1.807) is 18.4 Å². The van der Waals surface area contributed by atoms with Gasteiger partial charge in [-0.25, -0.2) is 4.98 Å². The Kier molecular flexibility index (Phi) is 4.22. The molecule has 0 amide bonds. The lowest BCUT2D eigenvalue weighted by Gasteiger charge is -2.05. The van der Waals surface area contributed by atoms with Crippen LogP contribution in [0.25, 0.3) is 11.3 Å². The number of anilines is 2. The van der Waals surface area contributed by atoms with E-state index in [9.17, 15) is 0 Å². The van der Waals surface area contributed by atoms with Crippen molar-refractivity contribution in [1.82, 2.24) is 4.98 Å². The van der Waals surface area contributed by atoms with Gasteiger partial charge in [0, 0.05) is 21.1 Å². The third-order valence-electron chi connectivity index (χ3n) is 2.98. The summed E-state index contributed by atoms with van der Waals surface area (Å²) in [5.74, 6) is 0.831. The van der Waals surface area contributed by atoms with Gasteiger partial charge in [0.05, 0.1) is 12.8 Å². The van der Waals surface area contributed by atoms with Gasteiger partial charge in [-0.2, -0.15) is 0 Å². The number of ether oxygens (including phenoxy) is 1. The van der Waals surface area contributed by atoms with E-state index in [0.29, 0.717) is 0 Å². The highest BCUT2D eigenvalue weighted by Crippen LogP contribution is 2.32. The molecule has 0 atom stereocenters. The Balaban J connectivity index is 1.84. The van der Waals surface area contributed by atoms with Crippen LogP contribution in [0.5, 0.6) is 5.75 Å². The molecule has 0 fully saturated rings. The lowest BCUT2D eigenvalue weighted by molar-refractivity contribution is 0.416. The number of nitrogens with one attached hydrogen (secondary N) is 1. The fourth-order valence-corrected chi connectivity index (χ4v) is 2.96. The van der Waals surface area contributed by atoms with Crippen LogP contribution < -0.4 is 10.1 Å². The molecule has 0 bridgehead atoms. The summed E-state index contributed by atoms with van der Waals surface area (Å²) >= 11 is 5.00. The fourth-order valence-electron chi connectivity index (χ4n) is 1.97. The molecule has 106 valence electrons. The molecule has 3 nitrogen and oxygen atoms in total. The van der Waals surface area contributed by atoms with Crippen LogP contribution >= 0.6 is 27.3 Å². The number of nitrogens with zero attached hydrogens (tertiary/aromatic N) is 1. The molecule has 0 aliphatic rings. The zero-order valence-electron chi connectivity index (χ0n) is 11.3. The summed E-state index contributed by atoms with van der Waals surface area (Å²) in [6, 6.07) is 15.9. The third-order valence-corrected chi connectivity index (χ3v) is 4.27. The van der Waals surface area contributed by atoms with Gasteiger partial charge in [0.15, 0.2) is 5.13 Å². The van der Waals surface area contributed by atoms with Crippen molar-refractivity contribution in [2.45, 2.75) is 0 Å². The zero-order valence-corrected chi connectivity index (χ0v) is 13.7. The molecule has 1 aromatic heterocycles. The molecule has 3 aromatic rings. The monoisotopic (exact) mass is 360 g/mol. The van der Waals surface area contributed by atoms with Crippen LogP contribution in [0, 0.1) is 0 Å². The smallest absolute Gasteiger partial charge is 0.187 e.